The lowest BCUT2D eigenvalue weighted by Gasteiger charge is -2.43. The van der Waals surface area contributed by atoms with Gasteiger partial charge in [-0.2, -0.15) is 20.7 Å². The van der Waals surface area contributed by atoms with Gasteiger partial charge in [-0.05, 0) is 43.2 Å². The minimum Gasteiger partial charge on any atom is -0.309 e. The molecule has 5 heterocycles. The van der Waals surface area contributed by atoms with E-state index < -0.39 is 5.54 Å². The highest BCUT2D eigenvalue weighted by molar-refractivity contribution is 5.93. The molecule has 162 valence electrons. The summed E-state index contributed by atoms with van der Waals surface area (Å²) in [4.78, 5) is 9.54. The first-order valence-corrected chi connectivity index (χ1v) is 11.1. The standard InChI is InChI=1S/C24H21N9/c25-5-4-24(12-16(13-24)14-26)33-8-3-19(31-33)23-18-2-1-6-28-20(18)11-21(29-23)22-10-17-15-27-7-9-32(17)30-22/h1-3,6,8,10-11,16,27H,4,7,9,12-13,15H2/t16-,24-. The third-order valence-electron chi connectivity index (χ3n) is 6.69. The Morgan fingerprint density at radius 3 is 2.85 bits per heavy atom. The molecular weight excluding hydrogens is 414 g/mol. The van der Waals surface area contributed by atoms with Gasteiger partial charge in [0, 0.05) is 30.9 Å². The molecule has 2 aliphatic rings. The van der Waals surface area contributed by atoms with Crippen molar-refractivity contribution >= 4 is 10.9 Å². The zero-order chi connectivity index (χ0) is 22.4. The number of hydrogen-bond acceptors (Lipinski definition) is 7. The molecule has 0 saturated heterocycles. The van der Waals surface area contributed by atoms with Gasteiger partial charge in [0.05, 0.1) is 53.5 Å². The average molecular weight is 435 g/mol. The fourth-order valence-corrected chi connectivity index (χ4v) is 4.94. The van der Waals surface area contributed by atoms with Gasteiger partial charge >= 0.3 is 0 Å². The molecule has 1 N–H and O–H groups in total. The van der Waals surface area contributed by atoms with Crippen LogP contribution in [0, 0.1) is 28.6 Å². The average Bonchev–Trinajstić information content (AvgIpc) is 3.48. The van der Waals surface area contributed by atoms with Crippen molar-refractivity contribution < 1.29 is 0 Å². The van der Waals surface area contributed by atoms with Gasteiger partial charge in [-0.3, -0.25) is 14.3 Å². The van der Waals surface area contributed by atoms with Crippen LogP contribution in [0.2, 0.25) is 0 Å². The van der Waals surface area contributed by atoms with Crippen molar-refractivity contribution in [1.29, 1.82) is 10.5 Å². The SMILES string of the molecule is N#CC[C@]1(n2ccc(-c3nc(-c4cc5n(n4)CCNC5)cc4ncccc34)n2)C[C@H](C#N)C1. The highest BCUT2D eigenvalue weighted by atomic mass is 15.3. The van der Waals surface area contributed by atoms with Crippen molar-refractivity contribution in [3.8, 4) is 34.9 Å². The Bertz CT molecular complexity index is 1420. The molecule has 6 rings (SSSR count). The first kappa shape index (κ1) is 19.6. The Morgan fingerprint density at radius 2 is 2.03 bits per heavy atom. The molecule has 1 aliphatic heterocycles. The Morgan fingerprint density at radius 1 is 1.12 bits per heavy atom. The topological polar surface area (TPSA) is 121 Å². The van der Waals surface area contributed by atoms with E-state index in [2.05, 4.69) is 28.5 Å². The number of hydrogen-bond donors (Lipinski definition) is 1. The van der Waals surface area contributed by atoms with Crippen LogP contribution < -0.4 is 5.32 Å². The zero-order valence-corrected chi connectivity index (χ0v) is 17.9. The summed E-state index contributed by atoms with van der Waals surface area (Å²) in [7, 11) is 0. The molecule has 33 heavy (non-hydrogen) atoms. The van der Waals surface area contributed by atoms with Gasteiger partial charge in [0.1, 0.15) is 17.1 Å². The van der Waals surface area contributed by atoms with Crippen LogP contribution in [0.15, 0.2) is 42.7 Å². The normalized spacial score (nSPS) is 21.7. The van der Waals surface area contributed by atoms with Gasteiger partial charge in [-0.25, -0.2) is 4.98 Å². The molecule has 0 bridgehead atoms. The summed E-state index contributed by atoms with van der Waals surface area (Å²) < 4.78 is 3.88. The van der Waals surface area contributed by atoms with Crippen molar-refractivity contribution in [3.05, 3.63) is 48.4 Å². The molecule has 1 aliphatic carbocycles. The smallest absolute Gasteiger partial charge is 0.111 e. The summed E-state index contributed by atoms with van der Waals surface area (Å²) in [6.07, 6.45) is 5.29. The number of aromatic nitrogens is 6. The summed E-state index contributed by atoms with van der Waals surface area (Å²) in [5, 5.41) is 32.5. The van der Waals surface area contributed by atoms with Gasteiger partial charge in [-0.15, -0.1) is 0 Å². The number of nitriles is 2. The first-order valence-electron chi connectivity index (χ1n) is 11.1. The maximum absolute atomic E-state index is 9.38. The van der Waals surface area contributed by atoms with Gasteiger partial charge in [0.2, 0.25) is 0 Å². The molecule has 0 radical (unpaired) electrons. The lowest BCUT2D eigenvalue weighted by atomic mass is 9.67. The van der Waals surface area contributed by atoms with Gasteiger partial charge < -0.3 is 5.32 Å². The second-order valence-corrected chi connectivity index (χ2v) is 8.79. The second kappa shape index (κ2) is 7.51. The summed E-state index contributed by atoms with van der Waals surface area (Å²) in [5.74, 6) is -0.0288. The van der Waals surface area contributed by atoms with E-state index in [1.807, 2.05) is 39.8 Å². The fourth-order valence-electron chi connectivity index (χ4n) is 4.94. The van der Waals surface area contributed by atoms with Crippen molar-refractivity contribution in [1.82, 2.24) is 34.8 Å². The number of fused-ring (bicyclic) bond motifs is 2. The summed E-state index contributed by atoms with van der Waals surface area (Å²) in [6.45, 7) is 2.53. The fraction of sp³-hybridized carbons (Fsp3) is 0.333. The van der Waals surface area contributed by atoms with Crippen LogP contribution in [0.3, 0.4) is 0 Å². The van der Waals surface area contributed by atoms with Gasteiger partial charge in [0.15, 0.2) is 0 Å². The quantitative estimate of drug-likeness (QED) is 0.523. The van der Waals surface area contributed by atoms with Crippen molar-refractivity contribution in [2.75, 3.05) is 6.54 Å². The van der Waals surface area contributed by atoms with E-state index in [-0.39, 0.29) is 5.92 Å². The molecule has 1 saturated carbocycles. The summed E-state index contributed by atoms with van der Waals surface area (Å²) in [5.41, 5.74) is 4.58. The van der Waals surface area contributed by atoms with Crippen molar-refractivity contribution in [2.45, 2.75) is 37.9 Å². The third-order valence-corrected chi connectivity index (χ3v) is 6.69. The minimum absolute atomic E-state index is 0.0288. The van der Waals surface area contributed by atoms with E-state index in [0.29, 0.717) is 19.3 Å². The van der Waals surface area contributed by atoms with Crippen LogP contribution in [0.5, 0.6) is 0 Å². The number of pyridine rings is 2. The predicted octanol–water partition coefficient (Wildman–Crippen LogP) is 3.00. The first-order chi connectivity index (χ1) is 16.2. The molecule has 9 heteroatoms. The number of rotatable bonds is 4. The van der Waals surface area contributed by atoms with Crippen LogP contribution in [0.25, 0.3) is 33.7 Å². The Balaban J connectivity index is 1.45. The molecule has 0 amide bonds. The van der Waals surface area contributed by atoms with Gasteiger partial charge in [-0.1, -0.05) is 0 Å². The maximum Gasteiger partial charge on any atom is 0.111 e. The maximum atomic E-state index is 9.38. The van der Waals surface area contributed by atoms with Crippen LogP contribution in [0.4, 0.5) is 0 Å². The van der Waals surface area contributed by atoms with E-state index >= 15 is 0 Å². The van der Waals surface area contributed by atoms with Crippen LogP contribution in [-0.4, -0.2) is 36.1 Å². The van der Waals surface area contributed by atoms with E-state index in [0.717, 1.165) is 59.0 Å². The van der Waals surface area contributed by atoms with Crippen molar-refractivity contribution in [2.24, 2.45) is 5.92 Å². The Hall–Kier alpha value is -4.08. The molecular formula is C24H21N9. The lowest BCUT2D eigenvalue weighted by molar-refractivity contribution is 0.0884. The lowest BCUT2D eigenvalue weighted by Crippen LogP contribution is -2.46. The van der Waals surface area contributed by atoms with Crippen LogP contribution >= 0.6 is 0 Å². The predicted molar refractivity (Wildman–Crippen MR) is 120 cm³/mol. The Labute approximate surface area is 190 Å². The molecule has 0 unspecified atom stereocenters. The monoisotopic (exact) mass is 435 g/mol. The molecule has 0 spiro atoms. The molecule has 1 fully saturated rings. The third kappa shape index (κ3) is 3.17. The van der Waals surface area contributed by atoms with E-state index in [4.69, 9.17) is 15.2 Å². The molecule has 4 aromatic rings. The summed E-state index contributed by atoms with van der Waals surface area (Å²) >= 11 is 0. The minimum atomic E-state index is -0.422. The van der Waals surface area contributed by atoms with Crippen LogP contribution in [0.1, 0.15) is 25.0 Å². The largest absolute Gasteiger partial charge is 0.309 e. The van der Waals surface area contributed by atoms with Gasteiger partial charge in [0.25, 0.3) is 0 Å². The second-order valence-electron chi connectivity index (χ2n) is 8.79. The zero-order valence-electron chi connectivity index (χ0n) is 17.9. The Kier molecular flexibility index (Phi) is 4.46. The van der Waals surface area contributed by atoms with Crippen molar-refractivity contribution in [3.63, 3.8) is 0 Å². The van der Waals surface area contributed by atoms with E-state index in [1.165, 1.54) is 0 Å². The van der Waals surface area contributed by atoms with E-state index in [9.17, 15) is 10.5 Å². The van der Waals surface area contributed by atoms with Crippen LogP contribution in [-0.2, 0) is 18.6 Å². The highest BCUT2D eigenvalue weighted by Crippen LogP contribution is 2.46. The number of nitrogens with one attached hydrogen (secondary N) is 1. The number of nitrogens with zero attached hydrogens (tertiary/aromatic N) is 8. The van der Waals surface area contributed by atoms with E-state index in [1.54, 1.807) is 6.20 Å². The molecule has 9 nitrogen and oxygen atoms in total. The molecule has 0 aromatic carbocycles. The summed E-state index contributed by atoms with van der Waals surface area (Å²) in [6, 6.07) is 14.4. The molecule has 4 aromatic heterocycles. The highest BCUT2D eigenvalue weighted by Gasteiger charge is 2.46. The molecule has 0 atom stereocenters.